The molecule has 40 heavy (non-hydrogen) atoms. The van der Waals surface area contributed by atoms with E-state index in [2.05, 4.69) is 5.32 Å². The van der Waals surface area contributed by atoms with E-state index in [0.717, 1.165) is 32.3 Å². The van der Waals surface area contributed by atoms with Crippen LogP contribution in [-0.4, -0.2) is 38.8 Å². The van der Waals surface area contributed by atoms with Gasteiger partial charge in [-0.1, -0.05) is 18.2 Å². The number of ether oxygens (including phenoxy) is 2. The molecule has 0 fully saturated rings. The topological polar surface area (TPSA) is 99.6 Å². The first-order valence-corrected chi connectivity index (χ1v) is 13.3. The lowest BCUT2D eigenvalue weighted by Gasteiger charge is -2.12. The van der Waals surface area contributed by atoms with E-state index in [4.69, 9.17) is 33.9 Å². The van der Waals surface area contributed by atoms with Crippen molar-refractivity contribution in [1.29, 1.82) is 0 Å². The monoisotopic (exact) mass is 556 g/mol. The standard InChI is InChI=1S/C29H25FN6O3S/c1-17-33-26(25(40-17)14-18-6-9-20(30)10-7-18)21-16-32-29(31-15-19-8-11-22(37-2)24(13-19)38-3)36-28(21)34-27(35-36)23-5-4-12-39-23/h4-13,16H,14-15H2,1-3H3,(H,31,32). The Bertz CT molecular complexity index is 1780. The van der Waals surface area contributed by atoms with Gasteiger partial charge in [0.2, 0.25) is 11.8 Å². The van der Waals surface area contributed by atoms with Gasteiger partial charge in [0.25, 0.3) is 0 Å². The molecule has 0 spiro atoms. The smallest absolute Gasteiger partial charge is 0.226 e. The summed E-state index contributed by atoms with van der Waals surface area (Å²) >= 11 is 1.59. The van der Waals surface area contributed by atoms with Crippen molar-refractivity contribution < 1.29 is 18.3 Å². The fourth-order valence-electron chi connectivity index (χ4n) is 4.43. The predicted molar refractivity (Wildman–Crippen MR) is 150 cm³/mol. The van der Waals surface area contributed by atoms with E-state index in [0.29, 0.717) is 47.6 Å². The van der Waals surface area contributed by atoms with Crippen molar-refractivity contribution >= 4 is 22.9 Å². The highest BCUT2D eigenvalue weighted by Crippen LogP contribution is 2.34. The van der Waals surface area contributed by atoms with Gasteiger partial charge in [0.1, 0.15) is 5.82 Å². The minimum atomic E-state index is -0.263. The Labute approximate surface area is 233 Å². The van der Waals surface area contributed by atoms with Crippen LogP contribution in [0.25, 0.3) is 28.5 Å². The number of thiazole rings is 1. The molecule has 0 aliphatic heterocycles. The first-order chi connectivity index (χ1) is 19.5. The number of anilines is 1. The molecule has 0 saturated carbocycles. The van der Waals surface area contributed by atoms with E-state index >= 15 is 0 Å². The van der Waals surface area contributed by atoms with Gasteiger partial charge in [-0.05, 0) is 54.4 Å². The Kier molecular flexibility index (Phi) is 6.87. The van der Waals surface area contributed by atoms with E-state index < -0.39 is 0 Å². The van der Waals surface area contributed by atoms with Crippen LogP contribution in [0.2, 0.25) is 0 Å². The summed E-state index contributed by atoms with van der Waals surface area (Å²) in [6, 6.07) is 15.8. The maximum absolute atomic E-state index is 13.5. The summed E-state index contributed by atoms with van der Waals surface area (Å²) < 4.78 is 31.5. The van der Waals surface area contributed by atoms with Crippen molar-refractivity contribution in [3.63, 3.8) is 0 Å². The van der Waals surface area contributed by atoms with Gasteiger partial charge in [0.15, 0.2) is 22.9 Å². The van der Waals surface area contributed by atoms with Gasteiger partial charge in [-0.3, -0.25) is 0 Å². The number of rotatable bonds is 9. The average molecular weight is 557 g/mol. The molecule has 0 aliphatic rings. The van der Waals surface area contributed by atoms with Crippen molar-refractivity contribution in [2.24, 2.45) is 0 Å². The third kappa shape index (κ3) is 4.98. The van der Waals surface area contributed by atoms with Gasteiger partial charge in [-0.25, -0.2) is 19.3 Å². The third-order valence-corrected chi connectivity index (χ3v) is 7.31. The van der Waals surface area contributed by atoms with Crippen LogP contribution in [0.15, 0.2) is 71.5 Å². The quantitative estimate of drug-likeness (QED) is 0.226. The van der Waals surface area contributed by atoms with Gasteiger partial charge >= 0.3 is 0 Å². The molecule has 6 rings (SSSR count). The number of hydrogen-bond donors (Lipinski definition) is 1. The maximum atomic E-state index is 13.5. The zero-order chi connectivity index (χ0) is 27.6. The zero-order valence-electron chi connectivity index (χ0n) is 22.0. The number of nitrogens with zero attached hydrogens (tertiary/aromatic N) is 5. The normalized spacial score (nSPS) is 11.2. The Balaban J connectivity index is 1.40. The molecule has 202 valence electrons. The van der Waals surface area contributed by atoms with E-state index in [1.54, 1.807) is 60.7 Å². The molecule has 0 atom stereocenters. The fraction of sp³-hybridized carbons (Fsp3) is 0.172. The minimum absolute atomic E-state index is 0.263. The van der Waals surface area contributed by atoms with Crippen molar-refractivity contribution in [2.45, 2.75) is 19.9 Å². The first kappa shape index (κ1) is 25.5. The maximum Gasteiger partial charge on any atom is 0.226 e. The van der Waals surface area contributed by atoms with E-state index in [9.17, 15) is 4.39 Å². The number of aryl methyl sites for hydroxylation is 1. The number of benzene rings is 2. The largest absolute Gasteiger partial charge is 0.493 e. The van der Waals surface area contributed by atoms with Crippen molar-refractivity contribution in [1.82, 2.24) is 24.6 Å². The second-order valence-corrected chi connectivity index (χ2v) is 10.3. The molecular formula is C29H25FN6O3S. The Morgan fingerprint density at radius 2 is 1.80 bits per heavy atom. The molecule has 9 nitrogen and oxygen atoms in total. The molecule has 0 amide bonds. The lowest BCUT2D eigenvalue weighted by Crippen LogP contribution is -2.08. The highest BCUT2D eigenvalue weighted by Gasteiger charge is 2.21. The molecule has 11 heteroatoms. The molecule has 2 aromatic carbocycles. The predicted octanol–water partition coefficient (Wildman–Crippen LogP) is 6.18. The second-order valence-electron chi connectivity index (χ2n) is 8.99. The Hall–Kier alpha value is -4.77. The van der Waals surface area contributed by atoms with Gasteiger partial charge in [-0.15, -0.1) is 16.4 Å². The summed E-state index contributed by atoms with van der Waals surface area (Å²) in [7, 11) is 3.21. The van der Waals surface area contributed by atoms with Crippen LogP contribution in [0.5, 0.6) is 11.5 Å². The number of halogens is 1. The Morgan fingerprint density at radius 1 is 1.00 bits per heavy atom. The molecule has 1 N–H and O–H groups in total. The molecule has 4 heterocycles. The summed E-state index contributed by atoms with van der Waals surface area (Å²) in [4.78, 5) is 15.4. The zero-order valence-corrected chi connectivity index (χ0v) is 22.8. The first-order valence-electron chi connectivity index (χ1n) is 12.5. The fourth-order valence-corrected chi connectivity index (χ4v) is 5.41. The second kappa shape index (κ2) is 10.8. The van der Waals surface area contributed by atoms with Crippen LogP contribution < -0.4 is 14.8 Å². The number of methoxy groups -OCH3 is 2. The van der Waals surface area contributed by atoms with Gasteiger partial charge in [0.05, 0.1) is 36.7 Å². The molecule has 0 saturated heterocycles. The van der Waals surface area contributed by atoms with E-state index in [1.165, 1.54) is 12.1 Å². The minimum Gasteiger partial charge on any atom is -0.493 e. The molecule has 0 radical (unpaired) electrons. The highest BCUT2D eigenvalue weighted by molar-refractivity contribution is 7.12. The summed E-state index contributed by atoms with van der Waals surface area (Å²) in [6.45, 7) is 2.42. The molecule has 6 aromatic rings. The van der Waals surface area contributed by atoms with Crippen LogP contribution in [0.1, 0.15) is 21.0 Å². The average Bonchev–Trinajstić information content (AvgIpc) is 3.73. The number of aromatic nitrogens is 5. The molecule has 0 aliphatic carbocycles. The third-order valence-electron chi connectivity index (χ3n) is 6.34. The van der Waals surface area contributed by atoms with E-state index in [-0.39, 0.29) is 5.82 Å². The van der Waals surface area contributed by atoms with Crippen LogP contribution in [0.4, 0.5) is 10.3 Å². The van der Waals surface area contributed by atoms with Crippen molar-refractivity contribution in [3.05, 3.63) is 93.9 Å². The highest BCUT2D eigenvalue weighted by atomic mass is 32.1. The van der Waals surface area contributed by atoms with Gasteiger partial charge < -0.3 is 19.2 Å². The lowest BCUT2D eigenvalue weighted by atomic mass is 10.1. The molecular weight excluding hydrogens is 531 g/mol. The van der Waals surface area contributed by atoms with Crippen LogP contribution in [0, 0.1) is 12.7 Å². The van der Waals surface area contributed by atoms with Crippen molar-refractivity contribution in [3.8, 4) is 34.3 Å². The summed E-state index contributed by atoms with van der Waals surface area (Å²) in [6.07, 6.45) is 3.95. The number of nitrogens with one attached hydrogen (secondary N) is 1. The summed E-state index contributed by atoms with van der Waals surface area (Å²) in [5.74, 6) is 2.52. The van der Waals surface area contributed by atoms with E-state index in [1.807, 2.05) is 31.2 Å². The van der Waals surface area contributed by atoms with Crippen LogP contribution in [0.3, 0.4) is 0 Å². The van der Waals surface area contributed by atoms with Gasteiger partial charge in [-0.2, -0.15) is 4.52 Å². The van der Waals surface area contributed by atoms with Crippen molar-refractivity contribution in [2.75, 3.05) is 19.5 Å². The molecule has 4 aromatic heterocycles. The molecule has 0 bridgehead atoms. The summed E-state index contributed by atoms with van der Waals surface area (Å²) in [5, 5.41) is 8.99. The SMILES string of the molecule is COc1ccc(CNc2ncc(-c3nc(C)sc3Cc3ccc(F)cc3)c3nc(-c4ccco4)nn23)cc1OC. The van der Waals surface area contributed by atoms with Crippen LogP contribution in [-0.2, 0) is 13.0 Å². The number of furan rings is 1. The number of fused-ring (bicyclic) bond motifs is 1. The number of hydrogen-bond acceptors (Lipinski definition) is 9. The van der Waals surface area contributed by atoms with Gasteiger partial charge in [0, 0.05) is 24.0 Å². The lowest BCUT2D eigenvalue weighted by molar-refractivity contribution is 0.354. The van der Waals surface area contributed by atoms with Crippen LogP contribution >= 0.6 is 11.3 Å². The molecule has 0 unspecified atom stereocenters. The Morgan fingerprint density at radius 3 is 2.55 bits per heavy atom. The summed E-state index contributed by atoms with van der Waals surface area (Å²) in [5.41, 5.74) is 4.06.